The summed E-state index contributed by atoms with van der Waals surface area (Å²) >= 11 is 0. The van der Waals surface area contributed by atoms with Crippen LogP contribution in [0.1, 0.15) is 16.8 Å². The van der Waals surface area contributed by atoms with Crippen LogP contribution in [-0.4, -0.2) is 17.9 Å². The van der Waals surface area contributed by atoms with Gasteiger partial charge in [0.25, 0.3) is 5.91 Å². The van der Waals surface area contributed by atoms with Gasteiger partial charge in [0.05, 0.1) is 11.2 Å². The molecule has 0 aliphatic rings. The van der Waals surface area contributed by atoms with E-state index >= 15 is 0 Å². The van der Waals surface area contributed by atoms with Crippen LogP contribution < -0.4 is 10.1 Å². The lowest BCUT2D eigenvalue weighted by atomic mass is 10.0. The van der Waals surface area contributed by atoms with Gasteiger partial charge in [-0.05, 0) is 53.6 Å². The molecule has 0 atom stereocenters. The van der Waals surface area contributed by atoms with E-state index in [1.807, 2.05) is 60.7 Å². The molecule has 0 unspecified atom stereocenters. The Hall–Kier alpha value is -3.99. The van der Waals surface area contributed by atoms with Crippen molar-refractivity contribution in [3.63, 3.8) is 0 Å². The van der Waals surface area contributed by atoms with Gasteiger partial charge in [-0.25, -0.2) is 9.37 Å². The minimum absolute atomic E-state index is 0.224. The molecule has 1 N–H and O–H groups in total. The van der Waals surface area contributed by atoms with Crippen LogP contribution in [0.25, 0.3) is 22.6 Å². The summed E-state index contributed by atoms with van der Waals surface area (Å²) in [5, 5.41) is 3.74. The van der Waals surface area contributed by atoms with Crippen LogP contribution in [0.15, 0.2) is 84.9 Å². The number of likely N-dealkylation sites (N-methyl/N-ethyl adjacent to an activating group) is 1. The average Bonchev–Trinajstić information content (AvgIpc) is 2.82. The zero-order chi connectivity index (χ0) is 21.6. The number of fused-ring (bicyclic) bond motifs is 1. The zero-order valence-corrected chi connectivity index (χ0v) is 17.0. The van der Waals surface area contributed by atoms with Crippen LogP contribution >= 0.6 is 0 Å². The molecule has 0 radical (unpaired) electrons. The van der Waals surface area contributed by atoms with E-state index in [-0.39, 0.29) is 11.7 Å². The van der Waals surface area contributed by atoms with Crippen molar-refractivity contribution in [3.8, 4) is 5.75 Å². The number of halogens is 1. The first-order chi connectivity index (χ1) is 15.1. The number of nitrogens with zero attached hydrogens (tertiary/aromatic N) is 1. The number of pyridine rings is 1. The Morgan fingerprint density at radius 1 is 0.968 bits per heavy atom. The zero-order valence-electron chi connectivity index (χ0n) is 17.0. The third-order valence-electron chi connectivity index (χ3n) is 4.86. The Morgan fingerprint density at radius 3 is 2.45 bits per heavy atom. The van der Waals surface area contributed by atoms with Gasteiger partial charge in [-0.3, -0.25) is 4.79 Å². The van der Waals surface area contributed by atoms with E-state index in [1.165, 1.54) is 12.1 Å². The predicted molar refractivity (Wildman–Crippen MR) is 121 cm³/mol. The molecular weight excluding hydrogens is 391 g/mol. The van der Waals surface area contributed by atoms with Crippen LogP contribution in [0, 0.1) is 5.82 Å². The van der Waals surface area contributed by atoms with Gasteiger partial charge in [0, 0.05) is 18.0 Å². The number of hydrogen-bond donors (Lipinski definition) is 1. The molecule has 0 bridgehead atoms. The van der Waals surface area contributed by atoms with E-state index in [9.17, 15) is 9.18 Å². The summed E-state index contributed by atoms with van der Waals surface area (Å²) < 4.78 is 19.0. The molecule has 3 aromatic carbocycles. The monoisotopic (exact) mass is 412 g/mol. The van der Waals surface area contributed by atoms with Crippen LogP contribution in [0.5, 0.6) is 5.75 Å². The van der Waals surface area contributed by atoms with Gasteiger partial charge in [0.15, 0.2) is 0 Å². The number of ether oxygens (including phenoxy) is 1. The first-order valence-electron chi connectivity index (χ1n) is 9.89. The van der Waals surface area contributed by atoms with E-state index in [2.05, 4.69) is 10.3 Å². The molecule has 5 heteroatoms. The number of nitrogens with one attached hydrogen (secondary N) is 1. The molecule has 0 saturated heterocycles. The van der Waals surface area contributed by atoms with E-state index in [0.717, 1.165) is 27.7 Å². The highest BCUT2D eigenvalue weighted by molar-refractivity contribution is 6.24. The predicted octanol–water partition coefficient (Wildman–Crippen LogP) is 5.24. The molecule has 31 heavy (non-hydrogen) atoms. The van der Waals surface area contributed by atoms with Crippen molar-refractivity contribution in [2.75, 3.05) is 7.05 Å². The lowest BCUT2D eigenvalue weighted by Gasteiger charge is -2.10. The molecule has 1 aromatic heterocycles. The second-order valence-electron chi connectivity index (χ2n) is 7.00. The van der Waals surface area contributed by atoms with Crippen LogP contribution in [0.4, 0.5) is 4.39 Å². The average molecular weight is 412 g/mol. The number of aromatic nitrogens is 1. The maximum atomic E-state index is 13.2. The van der Waals surface area contributed by atoms with E-state index in [1.54, 1.807) is 25.3 Å². The van der Waals surface area contributed by atoms with Crippen molar-refractivity contribution in [2.24, 2.45) is 0 Å². The summed E-state index contributed by atoms with van der Waals surface area (Å²) in [6.45, 7) is 0.345. The summed E-state index contributed by atoms with van der Waals surface area (Å²) in [5.41, 5.74) is 3.73. The molecule has 1 amide bonds. The minimum Gasteiger partial charge on any atom is -0.487 e. The number of amides is 1. The molecule has 0 aliphatic heterocycles. The Bertz CT molecular complexity index is 1230. The van der Waals surface area contributed by atoms with Gasteiger partial charge in [0.1, 0.15) is 18.2 Å². The number of benzene rings is 3. The summed E-state index contributed by atoms with van der Waals surface area (Å²) in [4.78, 5) is 17.0. The number of carbonyl (C=O) groups is 1. The molecule has 1 heterocycles. The highest BCUT2D eigenvalue weighted by Crippen LogP contribution is 2.23. The summed E-state index contributed by atoms with van der Waals surface area (Å²) in [6, 6.07) is 25.2. The van der Waals surface area contributed by atoms with E-state index < -0.39 is 0 Å². The first-order valence-corrected chi connectivity index (χ1v) is 9.89. The smallest absolute Gasteiger partial charge is 0.251 e. The Labute approximate surface area is 180 Å². The van der Waals surface area contributed by atoms with Crippen molar-refractivity contribution < 1.29 is 13.9 Å². The second-order valence-corrected chi connectivity index (χ2v) is 7.00. The third kappa shape index (κ3) is 4.95. The lowest BCUT2D eigenvalue weighted by Crippen LogP contribution is -2.19. The Balaban J connectivity index is 1.50. The second kappa shape index (κ2) is 9.22. The molecular formula is C26H21FN2O2. The maximum absolute atomic E-state index is 13.2. The third-order valence-corrected chi connectivity index (χ3v) is 4.86. The molecule has 154 valence electrons. The molecule has 4 aromatic rings. The highest BCUT2D eigenvalue weighted by atomic mass is 19.1. The lowest BCUT2D eigenvalue weighted by molar-refractivity contribution is -0.115. The van der Waals surface area contributed by atoms with Gasteiger partial charge in [-0.2, -0.15) is 0 Å². The van der Waals surface area contributed by atoms with Crippen LogP contribution in [0.3, 0.4) is 0 Å². The fourth-order valence-electron chi connectivity index (χ4n) is 3.22. The number of rotatable bonds is 6. The van der Waals surface area contributed by atoms with Crippen molar-refractivity contribution in [2.45, 2.75) is 6.61 Å². The van der Waals surface area contributed by atoms with E-state index in [4.69, 9.17) is 4.74 Å². The van der Waals surface area contributed by atoms with Crippen molar-refractivity contribution in [1.29, 1.82) is 0 Å². The number of para-hydroxylation sites is 1. The van der Waals surface area contributed by atoms with Crippen molar-refractivity contribution >= 4 is 28.5 Å². The Kier molecular flexibility index (Phi) is 6.03. The van der Waals surface area contributed by atoms with Gasteiger partial charge in [-0.15, -0.1) is 0 Å². The normalized spacial score (nSPS) is 11.4. The van der Waals surface area contributed by atoms with E-state index in [0.29, 0.717) is 17.9 Å². The van der Waals surface area contributed by atoms with Gasteiger partial charge < -0.3 is 10.1 Å². The molecule has 4 rings (SSSR count). The fraction of sp³-hybridized carbons (Fsp3) is 0.0769. The topological polar surface area (TPSA) is 51.2 Å². The molecule has 0 fully saturated rings. The van der Waals surface area contributed by atoms with Crippen LogP contribution in [0.2, 0.25) is 0 Å². The molecule has 0 spiro atoms. The molecule has 4 nitrogen and oxygen atoms in total. The van der Waals surface area contributed by atoms with Crippen LogP contribution in [-0.2, 0) is 11.4 Å². The summed E-state index contributed by atoms with van der Waals surface area (Å²) in [5.74, 6) is 0.135. The maximum Gasteiger partial charge on any atom is 0.251 e. The fourth-order valence-corrected chi connectivity index (χ4v) is 3.22. The largest absolute Gasteiger partial charge is 0.487 e. The van der Waals surface area contributed by atoms with Crippen molar-refractivity contribution in [3.05, 3.63) is 108 Å². The minimum atomic E-state index is -0.318. The first kappa shape index (κ1) is 20.3. The summed E-state index contributed by atoms with van der Waals surface area (Å²) in [6.07, 6.45) is 1.73. The van der Waals surface area contributed by atoms with Crippen molar-refractivity contribution in [1.82, 2.24) is 10.3 Å². The SMILES string of the molecule is CNC(=O)/C(=C/c1ccc(F)cc1)c1ccc(OCc2ccc3ccccc3n2)cc1. The highest BCUT2D eigenvalue weighted by Gasteiger charge is 2.11. The Morgan fingerprint density at radius 2 is 1.71 bits per heavy atom. The summed E-state index contributed by atoms with van der Waals surface area (Å²) in [7, 11) is 1.58. The van der Waals surface area contributed by atoms with Gasteiger partial charge in [0.2, 0.25) is 0 Å². The molecule has 0 saturated carbocycles. The standard InChI is InChI=1S/C26H21FN2O2/c1-28-26(30)24(16-18-6-11-21(27)12-7-18)19-9-14-23(15-10-19)31-17-22-13-8-20-4-2-3-5-25(20)29-22/h2-16H,17H2,1H3,(H,28,30)/b24-16+. The van der Waals surface area contributed by atoms with Gasteiger partial charge >= 0.3 is 0 Å². The number of hydrogen-bond acceptors (Lipinski definition) is 3. The van der Waals surface area contributed by atoms with Gasteiger partial charge in [-0.1, -0.05) is 48.5 Å². The number of carbonyl (C=O) groups excluding carboxylic acids is 1. The molecule has 0 aliphatic carbocycles. The quantitative estimate of drug-likeness (QED) is 0.348.